The Morgan fingerprint density at radius 3 is 2.32 bits per heavy atom. The van der Waals surface area contributed by atoms with Crippen molar-refractivity contribution < 1.29 is 29.6 Å². The fourth-order valence-electron chi connectivity index (χ4n) is 13.6. The van der Waals surface area contributed by atoms with Crippen LogP contribution in [-0.4, -0.2) is 62.9 Å². The van der Waals surface area contributed by atoms with Crippen molar-refractivity contribution in [2.45, 2.75) is 154 Å². The third-order valence-electron chi connectivity index (χ3n) is 15.7. The second-order valence-electron chi connectivity index (χ2n) is 18.7. The molecule has 6 aliphatic rings. The molecule has 4 N–H and O–H groups in total. The van der Waals surface area contributed by atoms with E-state index in [2.05, 4.69) is 39.5 Å². The van der Waals surface area contributed by atoms with Crippen molar-refractivity contribution in [2.75, 3.05) is 0 Å². The van der Waals surface area contributed by atoms with E-state index in [1.807, 2.05) is 44.2 Å². The molecule has 1 aliphatic heterocycles. The molecule has 7 nitrogen and oxygen atoms in total. The Hall–Kier alpha value is -1.22. The standard InChI is InChI=1S/C39H58ClNO6/c1-33(2)28(46-32(44)24(41-40)19-23-11-9-8-10-12-23)14-16-39-22-38(39)18-17-35(5)31(37(7)15-13-29(47-37)34(3,4)45)26(43)21-36(35,6)27(38)20-25(42)30(33)39/h8-12,24-31,41-43,45H,13-22H2,1-7H3/t24?,25-,26-,27?,28-,29-,30-,31-,35+,36-,37+,38-,39+/m0/s1. The summed E-state index contributed by atoms with van der Waals surface area (Å²) in [5, 5.41) is 35.0. The third-order valence-corrected chi connectivity index (χ3v) is 16.0. The van der Waals surface area contributed by atoms with E-state index >= 15 is 0 Å². The third kappa shape index (κ3) is 4.72. The predicted octanol–water partition coefficient (Wildman–Crippen LogP) is 6.34. The average Bonchev–Trinajstić information content (AvgIpc) is 3.34. The van der Waals surface area contributed by atoms with Gasteiger partial charge in [0.1, 0.15) is 12.1 Å². The number of esters is 1. The molecule has 0 bridgehead atoms. The van der Waals surface area contributed by atoms with Gasteiger partial charge in [0.05, 0.1) is 29.5 Å². The van der Waals surface area contributed by atoms with Crippen molar-refractivity contribution in [3.8, 4) is 0 Å². The van der Waals surface area contributed by atoms with E-state index in [1.54, 1.807) is 0 Å². The van der Waals surface area contributed by atoms with Crippen molar-refractivity contribution in [2.24, 2.45) is 44.8 Å². The highest BCUT2D eigenvalue weighted by Gasteiger charge is 2.85. The van der Waals surface area contributed by atoms with Gasteiger partial charge in [-0.05, 0) is 136 Å². The highest BCUT2D eigenvalue weighted by Crippen LogP contribution is 2.89. The Labute approximate surface area is 286 Å². The molecular weight excluding hydrogens is 614 g/mol. The molecule has 1 aromatic carbocycles. The van der Waals surface area contributed by atoms with Gasteiger partial charge >= 0.3 is 5.97 Å². The second kappa shape index (κ2) is 10.9. The number of hydrogen-bond acceptors (Lipinski definition) is 7. The van der Waals surface area contributed by atoms with Crippen LogP contribution in [0, 0.1) is 44.8 Å². The zero-order valence-corrected chi connectivity index (χ0v) is 30.3. The number of hydrogen-bond donors (Lipinski definition) is 4. The van der Waals surface area contributed by atoms with Gasteiger partial charge in [-0.25, -0.2) is 4.84 Å². The maximum atomic E-state index is 13.5. The minimum absolute atomic E-state index is 0.0169. The summed E-state index contributed by atoms with van der Waals surface area (Å²) in [5.41, 5.74) is -0.953. The number of carbonyl (C=O) groups is 1. The summed E-state index contributed by atoms with van der Waals surface area (Å²) in [6.07, 6.45) is 6.92. The van der Waals surface area contributed by atoms with Crippen LogP contribution in [0.2, 0.25) is 0 Å². The van der Waals surface area contributed by atoms with Crippen LogP contribution < -0.4 is 4.84 Å². The van der Waals surface area contributed by atoms with E-state index in [0.717, 1.165) is 56.9 Å². The van der Waals surface area contributed by atoms with Crippen LogP contribution in [-0.2, 0) is 20.7 Å². The molecule has 7 rings (SSSR count). The second-order valence-corrected chi connectivity index (χ2v) is 18.9. The average molecular weight is 672 g/mol. The molecule has 262 valence electrons. The van der Waals surface area contributed by atoms with E-state index in [9.17, 15) is 20.1 Å². The zero-order valence-electron chi connectivity index (χ0n) is 29.5. The molecule has 1 heterocycles. The number of carbonyl (C=O) groups excluding carboxylic acids is 1. The molecule has 5 aliphatic carbocycles. The van der Waals surface area contributed by atoms with Gasteiger partial charge in [-0.3, -0.25) is 4.79 Å². The molecule has 8 heteroatoms. The highest BCUT2D eigenvalue weighted by molar-refractivity contribution is 6.14. The number of aliphatic hydroxyl groups excluding tert-OH is 2. The summed E-state index contributed by atoms with van der Waals surface area (Å²) in [6.45, 7) is 15.0. The summed E-state index contributed by atoms with van der Waals surface area (Å²) in [5.74, 6) is -0.0267. The lowest BCUT2D eigenvalue weighted by atomic mass is 9.41. The summed E-state index contributed by atoms with van der Waals surface area (Å²) in [7, 11) is 0. The van der Waals surface area contributed by atoms with E-state index < -0.39 is 34.9 Å². The highest BCUT2D eigenvalue weighted by atomic mass is 35.5. The molecule has 2 unspecified atom stereocenters. The quantitative estimate of drug-likeness (QED) is 0.198. The van der Waals surface area contributed by atoms with Crippen molar-refractivity contribution in [1.82, 2.24) is 4.84 Å². The lowest BCUT2D eigenvalue weighted by Gasteiger charge is -2.64. The Balaban J connectivity index is 1.12. The van der Waals surface area contributed by atoms with Crippen LogP contribution in [0.4, 0.5) is 0 Å². The number of halogens is 1. The van der Waals surface area contributed by atoms with Gasteiger partial charge in [0.2, 0.25) is 0 Å². The first kappa shape index (κ1) is 34.2. The fourth-order valence-corrected chi connectivity index (χ4v) is 13.7. The van der Waals surface area contributed by atoms with E-state index in [-0.39, 0.29) is 51.7 Å². The number of nitrogens with one attached hydrogen (secondary N) is 1. The Bertz CT molecular complexity index is 1380. The van der Waals surface area contributed by atoms with Crippen LogP contribution in [0.1, 0.15) is 112 Å². The largest absolute Gasteiger partial charge is 0.461 e. The molecule has 6 fully saturated rings. The first-order valence-corrected chi connectivity index (χ1v) is 18.6. The number of benzene rings is 1. The van der Waals surface area contributed by atoms with Crippen LogP contribution in [0.3, 0.4) is 0 Å². The fraction of sp³-hybridized carbons (Fsp3) is 0.821. The van der Waals surface area contributed by atoms with Gasteiger partial charge in [0.25, 0.3) is 0 Å². The topological polar surface area (TPSA) is 108 Å². The first-order chi connectivity index (χ1) is 21.9. The Morgan fingerprint density at radius 2 is 1.68 bits per heavy atom. The van der Waals surface area contributed by atoms with Crippen molar-refractivity contribution >= 4 is 17.7 Å². The first-order valence-electron chi connectivity index (χ1n) is 18.3. The lowest BCUT2D eigenvalue weighted by Crippen LogP contribution is -2.62. The van der Waals surface area contributed by atoms with Crippen molar-refractivity contribution in [3.63, 3.8) is 0 Å². The molecule has 1 saturated heterocycles. The number of fused-ring (bicyclic) bond motifs is 2. The van der Waals surface area contributed by atoms with Crippen molar-refractivity contribution in [1.29, 1.82) is 0 Å². The van der Waals surface area contributed by atoms with Gasteiger partial charge in [0.15, 0.2) is 0 Å². The number of ether oxygens (including phenoxy) is 2. The molecular formula is C39H58ClNO6. The van der Waals surface area contributed by atoms with E-state index in [4.69, 9.17) is 21.3 Å². The monoisotopic (exact) mass is 671 g/mol. The maximum Gasteiger partial charge on any atom is 0.325 e. The van der Waals surface area contributed by atoms with Gasteiger partial charge in [-0.2, -0.15) is 0 Å². The number of rotatable bonds is 7. The summed E-state index contributed by atoms with van der Waals surface area (Å²) >= 11 is 6.08. The van der Waals surface area contributed by atoms with Gasteiger partial charge < -0.3 is 24.8 Å². The molecule has 0 aromatic heterocycles. The smallest absolute Gasteiger partial charge is 0.325 e. The van der Waals surface area contributed by atoms with Crippen LogP contribution >= 0.6 is 11.8 Å². The number of aliphatic hydroxyl groups is 3. The summed E-state index contributed by atoms with van der Waals surface area (Å²) < 4.78 is 13.0. The van der Waals surface area contributed by atoms with Crippen LogP contribution in [0.25, 0.3) is 0 Å². The Kier molecular flexibility index (Phi) is 7.93. The minimum atomic E-state index is -0.922. The van der Waals surface area contributed by atoms with E-state index in [1.165, 1.54) is 0 Å². The molecule has 0 amide bonds. The SMILES string of the molecule is CC(C)(O)[C@@H]1CC[C@](C)([C@H]2[C@@H](O)C[C@@]3(C)C4C[C@H](O)[C@H]5C(C)(C)[C@@H](OC(=O)C(Cc6ccccc6)NCl)CC[C@@]56C[C@@]46CC[C@]23C)O1. The summed E-state index contributed by atoms with van der Waals surface area (Å²) in [4.78, 5) is 16.1. The lowest BCUT2D eigenvalue weighted by molar-refractivity contribution is -0.218. The van der Waals surface area contributed by atoms with Crippen molar-refractivity contribution in [3.05, 3.63) is 35.9 Å². The molecule has 47 heavy (non-hydrogen) atoms. The molecule has 1 aromatic rings. The van der Waals surface area contributed by atoms with Crippen LogP contribution in [0.5, 0.6) is 0 Å². The normalized spacial score (nSPS) is 48.9. The van der Waals surface area contributed by atoms with Gasteiger partial charge in [-0.1, -0.05) is 58.0 Å². The van der Waals surface area contributed by atoms with Crippen LogP contribution in [0.15, 0.2) is 30.3 Å². The summed E-state index contributed by atoms with van der Waals surface area (Å²) in [6, 6.07) is 9.18. The zero-order chi connectivity index (χ0) is 34.0. The molecule has 13 atom stereocenters. The van der Waals surface area contributed by atoms with Gasteiger partial charge in [-0.15, -0.1) is 0 Å². The molecule has 5 saturated carbocycles. The predicted molar refractivity (Wildman–Crippen MR) is 181 cm³/mol. The van der Waals surface area contributed by atoms with E-state index in [0.29, 0.717) is 18.8 Å². The molecule has 0 radical (unpaired) electrons. The Morgan fingerprint density at radius 1 is 0.979 bits per heavy atom. The minimum Gasteiger partial charge on any atom is -0.461 e. The van der Waals surface area contributed by atoms with Gasteiger partial charge in [0, 0.05) is 11.3 Å². The molecule has 2 spiro atoms. The maximum absolute atomic E-state index is 13.5.